The molecule has 0 amide bonds. The molecule has 1 N–H and O–H groups in total. The predicted molar refractivity (Wildman–Crippen MR) is 120 cm³/mol. The Labute approximate surface area is 183 Å². The molecule has 3 rings (SSSR count). The number of hydrogen-bond donors (Lipinski definition) is 1. The zero-order valence-corrected chi connectivity index (χ0v) is 18.1. The van der Waals surface area contributed by atoms with Gasteiger partial charge in [-0.15, -0.1) is 12.4 Å². The van der Waals surface area contributed by atoms with Crippen molar-refractivity contribution >= 4 is 24.0 Å². The molecule has 0 bridgehead atoms. The van der Waals surface area contributed by atoms with E-state index in [2.05, 4.69) is 17.4 Å². The summed E-state index contributed by atoms with van der Waals surface area (Å²) < 4.78 is 16.6. The monoisotopic (exact) mass is 433 g/mol. The van der Waals surface area contributed by atoms with E-state index in [4.69, 9.17) is 25.8 Å². The maximum absolute atomic E-state index is 6.02. The largest absolute Gasteiger partial charge is 0.497 e. The minimum Gasteiger partial charge on any atom is -0.497 e. The van der Waals surface area contributed by atoms with E-state index in [9.17, 15) is 0 Å². The first kappa shape index (κ1) is 22.9. The highest BCUT2D eigenvalue weighted by Gasteiger charge is 2.07. The number of halogens is 2. The molecule has 0 saturated carbocycles. The molecular weight excluding hydrogens is 409 g/mol. The van der Waals surface area contributed by atoms with Crippen molar-refractivity contribution in [3.63, 3.8) is 0 Å². The van der Waals surface area contributed by atoms with Gasteiger partial charge in [0.2, 0.25) is 0 Å². The highest BCUT2D eigenvalue weighted by atomic mass is 35.5. The van der Waals surface area contributed by atoms with Gasteiger partial charge in [0, 0.05) is 18.1 Å². The highest BCUT2D eigenvalue weighted by Crippen LogP contribution is 2.29. The summed E-state index contributed by atoms with van der Waals surface area (Å²) in [6.45, 7) is 1.95. The van der Waals surface area contributed by atoms with Gasteiger partial charge in [0.25, 0.3) is 0 Å². The molecule has 4 nitrogen and oxygen atoms in total. The van der Waals surface area contributed by atoms with Crippen molar-refractivity contribution in [3.8, 4) is 17.2 Å². The molecule has 6 heteroatoms. The van der Waals surface area contributed by atoms with Gasteiger partial charge in [-0.1, -0.05) is 41.9 Å². The third-order valence-corrected chi connectivity index (χ3v) is 4.56. The lowest BCUT2D eigenvalue weighted by atomic mass is 10.1. The van der Waals surface area contributed by atoms with E-state index in [-0.39, 0.29) is 12.4 Å². The van der Waals surface area contributed by atoms with Gasteiger partial charge in [-0.25, -0.2) is 0 Å². The second kappa shape index (κ2) is 11.6. The van der Waals surface area contributed by atoms with Gasteiger partial charge < -0.3 is 19.5 Å². The normalized spacial score (nSPS) is 10.2. The molecule has 0 aliphatic heterocycles. The van der Waals surface area contributed by atoms with Crippen LogP contribution >= 0.6 is 24.0 Å². The lowest BCUT2D eigenvalue weighted by molar-refractivity contribution is 0.284. The number of nitrogens with one attached hydrogen (secondary N) is 1. The van der Waals surface area contributed by atoms with Crippen molar-refractivity contribution < 1.29 is 14.2 Å². The molecule has 0 atom stereocenters. The van der Waals surface area contributed by atoms with Gasteiger partial charge >= 0.3 is 0 Å². The Kier molecular flexibility index (Phi) is 9.13. The highest BCUT2D eigenvalue weighted by molar-refractivity contribution is 6.30. The Morgan fingerprint density at radius 1 is 0.759 bits per heavy atom. The van der Waals surface area contributed by atoms with E-state index in [0.29, 0.717) is 23.1 Å². The second-order valence-corrected chi connectivity index (χ2v) is 6.79. The Bertz CT molecular complexity index is 901. The molecular formula is C23H25Cl2NO3. The molecule has 0 radical (unpaired) electrons. The predicted octanol–water partition coefficient (Wildman–Crippen LogP) is 5.65. The lowest BCUT2D eigenvalue weighted by Crippen LogP contribution is -2.12. The molecule has 154 valence electrons. The Hall–Kier alpha value is -2.40. The summed E-state index contributed by atoms with van der Waals surface area (Å²) >= 11 is 6.02. The standard InChI is InChI=1S/C23H24ClNO3.ClH/c1-26-21-9-6-17(7-10-21)14-25-15-18-8-11-22(23(13-18)27-2)28-16-19-4-3-5-20(24)12-19;/h3-13,25H,14-16H2,1-2H3;1H. The third-order valence-electron chi connectivity index (χ3n) is 4.33. The van der Waals surface area contributed by atoms with Gasteiger partial charge in [-0.2, -0.15) is 0 Å². The summed E-state index contributed by atoms with van der Waals surface area (Å²) in [5, 5.41) is 4.14. The molecule has 0 fully saturated rings. The van der Waals surface area contributed by atoms with E-state index < -0.39 is 0 Å². The summed E-state index contributed by atoms with van der Waals surface area (Å²) in [6.07, 6.45) is 0. The van der Waals surface area contributed by atoms with Crippen LogP contribution in [0.5, 0.6) is 17.2 Å². The molecule has 0 spiro atoms. The maximum Gasteiger partial charge on any atom is 0.161 e. The van der Waals surface area contributed by atoms with E-state index in [0.717, 1.165) is 30.0 Å². The fourth-order valence-electron chi connectivity index (χ4n) is 2.82. The topological polar surface area (TPSA) is 39.7 Å². The van der Waals surface area contributed by atoms with Gasteiger partial charge in [0.1, 0.15) is 12.4 Å². The zero-order chi connectivity index (χ0) is 19.8. The van der Waals surface area contributed by atoms with Gasteiger partial charge in [-0.3, -0.25) is 0 Å². The SMILES string of the molecule is COc1ccc(CNCc2ccc(OCc3cccc(Cl)c3)c(OC)c2)cc1.Cl. The maximum atomic E-state index is 6.02. The first-order valence-electron chi connectivity index (χ1n) is 9.06. The van der Waals surface area contributed by atoms with Crippen molar-refractivity contribution in [2.45, 2.75) is 19.7 Å². The van der Waals surface area contributed by atoms with Crippen molar-refractivity contribution in [2.75, 3.05) is 14.2 Å². The Balaban J connectivity index is 0.00000300. The zero-order valence-electron chi connectivity index (χ0n) is 16.5. The fourth-order valence-corrected chi connectivity index (χ4v) is 3.04. The second-order valence-electron chi connectivity index (χ2n) is 6.36. The van der Waals surface area contributed by atoms with Crippen molar-refractivity contribution in [2.24, 2.45) is 0 Å². The van der Waals surface area contributed by atoms with E-state index in [1.54, 1.807) is 14.2 Å². The number of benzene rings is 3. The van der Waals surface area contributed by atoms with Crippen LogP contribution in [0.2, 0.25) is 5.02 Å². The van der Waals surface area contributed by atoms with Crippen LogP contribution in [0.25, 0.3) is 0 Å². The van der Waals surface area contributed by atoms with Crippen LogP contribution in [0.4, 0.5) is 0 Å². The minimum atomic E-state index is 0. The summed E-state index contributed by atoms with van der Waals surface area (Å²) in [7, 11) is 3.32. The number of rotatable bonds is 9. The smallest absolute Gasteiger partial charge is 0.161 e. The van der Waals surface area contributed by atoms with Crippen molar-refractivity contribution in [3.05, 3.63) is 88.4 Å². The summed E-state index contributed by atoms with van der Waals surface area (Å²) in [6, 6.07) is 21.6. The van der Waals surface area contributed by atoms with Crippen LogP contribution < -0.4 is 19.5 Å². The number of methoxy groups -OCH3 is 2. The summed E-state index contributed by atoms with van der Waals surface area (Å²) in [4.78, 5) is 0. The van der Waals surface area contributed by atoms with Crippen LogP contribution in [0.15, 0.2) is 66.7 Å². The average Bonchev–Trinajstić information content (AvgIpc) is 2.73. The van der Waals surface area contributed by atoms with Gasteiger partial charge in [0.05, 0.1) is 14.2 Å². The fraction of sp³-hybridized carbons (Fsp3) is 0.217. The average molecular weight is 434 g/mol. The molecule has 0 aliphatic carbocycles. The Morgan fingerprint density at radius 2 is 1.48 bits per heavy atom. The first-order valence-corrected chi connectivity index (χ1v) is 9.43. The summed E-state index contributed by atoms with van der Waals surface area (Å²) in [5.41, 5.74) is 3.34. The van der Waals surface area contributed by atoms with Crippen molar-refractivity contribution in [1.29, 1.82) is 0 Å². The molecule has 3 aromatic carbocycles. The van der Waals surface area contributed by atoms with Gasteiger partial charge in [-0.05, 0) is 53.1 Å². The van der Waals surface area contributed by atoms with E-state index >= 15 is 0 Å². The quantitative estimate of drug-likeness (QED) is 0.473. The van der Waals surface area contributed by atoms with Gasteiger partial charge in [0.15, 0.2) is 11.5 Å². The van der Waals surface area contributed by atoms with Crippen LogP contribution in [0.3, 0.4) is 0 Å². The summed E-state index contributed by atoms with van der Waals surface area (Å²) in [5.74, 6) is 2.29. The third kappa shape index (κ3) is 6.86. The molecule has 0 saturated heterocycles. The molecule has 29 heavy (non-hydrogen) atoms. The van der Waals surface area contributed by atoms with E-state index in [1.807, 2.05) is 54.6 Å². The molecule has 0 aromatic heterocycles. The van der Waals surface area contributed by atoms with Crippen LogP contribution in [0, 0.1) is 0 Å². The molecule has 0 unspecified atom stereocenters. The molecule has 3 aromatic rings. The molecule has 0 aliphatic rings. The van der Waals surface area contributed by atoms with Crippen molar-refractivity contribution in [1.82, 2.24) is 5.32 Å². The van der Waals surface area contributed by atoms with Crippen LogP contribution in [-0.4, -0.2) is 14.2 Å². The lowest BCUT2D eigenvalue weighted by Gasteiger charge is -2.13. The number of ether oxygens (including phenoxy) is 3. The minimum absolute atomic E-state index is 0. The van der Waals surface area contributed by atoms with Crippen LogP contribution in [-0.2, 0) is 19.7 Å². The Morgan fingerprint density at radius 3 is 2.17 bits per heavy atom. The van der Waals surface area contributed by atoms with Crippen LogP contribution in [0.1, 0.15) is 16.7 Å². The molecule has 0 heterocycles. The first-order chi connectivity index (χ1) is 13.7. The number of hydrogen-bond acceptors (Lipinski definition) is 4. The van der Waals surface area contributed by atoms with E-state index in [1.165, 1.54) is 5.56 Å².